The highest BCUT2D eigenvalue weighted by molar-refractivity contribution is 5.90. The molecule has 0 N–H and O–H groups in total. The maximum absolute atomic E-state index is 13.2. The van der Waals surface area contributed by atoms with Crippen LogP contribution in [-0.4, -0.2) is 27.3 Å². The first kappa shape index (κ1) is 15.5. The van der Waals surface area contributed by atoms with Crippen molar-refractivity contribution >= 4 is 5.97 Å². The predicted molar refractivity (Wildman–Crippen MR) is 67.0 cm³/mol. The fourth-order valence-electron chi connectivity index (χ4n) is 1.73. The minimum Gasteiger partial charge on any atom is -0.462 e. The molecule has 0 saturated heterocycles. The van der Waals surface area contributed by atoms with Gasteiger partial charge in [0.1, 0.15) is 11.6 Å². The van der Waals surface area contributed by atoms with Crippen LogP contribution < -0.4 is 0 Å². The maximum atomic E-state index is 13.2. The summed E-state index contributed by atoms with van der Waals surface area (Å²) in [5, 5.41) is 12.2. The van der Waals surface area contributed by atoms with Gasteiger partial charge in [-0.05, 0) is 19.1 Å². The third-order valence-electron chi connectivity index (χ3n) is 2.63. The summed E-state index contributed by atoms with van der Waals surface area (Å²) in [6, 6.07) is 4.31. The Balaban J connectivity index is 2.56. The molecular weight excluding hydrogens is 301 g/mol. The lowest BCUT2D eigenvalue weighted by Crippen LogP contribution is -2.19. The summed E-state index contributed by atoms with van der Waals surface area (Å²) in [7, 11) is 0. The summed E-state index contributed by atoms with van der Waals surface area (Å²) < 4.78 is 44.8. The second kappa shape index (κ2) is 5.85. The Bertz CT molecular complexity index is 729. The first-order valence-electron chi connectivity index (χ1n) is 6.07. The zero-order valence-corrected chi connectivity index (χ0v) is 11.3. The molecule has 0 aromatic carbocycles. The number of pyridine rings is 1. The third-order valence-corrected chi connectivity index (χ3v) is 2.63. The second-order valence-electron chi connectivity index (χ2n) is 4.05. The summed E-state index contributed by atoms with van der Waals surface area (Å²) in [4.78, 5) is 15.4. The SMILES string of the molecule is CCOC(=O)c1cnn(-c2ccc(C#N)cn2)c1C(F)(F)F. The lowest BCUT2D eigenvalue weighted by atomic mass is 10.2. The molecular formula is C13H9F3N4O2. The molecule has 0 amide bonds. The van der Waals surface area contributed by atoms with Crippen LogP contribution in [0.2, 0.25) is 0 Å². The number of carbonyl (C=O) groups excluding carboxylic acids is 1. The van der Waals surface area contributed by atoms with Crippen LogP contribution in [0, 0.1) is 11.3 Å². The molecule has 2 rings (SSSR count). The number of nitrogens with zero attached hydrogens (tertiary/aromatic N) is 4. The standard InChI is InChI=1S/C13H9F3N4O2/c1-2-22-12(21)9-7-19-20(11(9)13(14,15)16)10-4-3-8(5-17)6-18-10/h3-4,6-7H,2H2,1H3. The number of alkyl halides is 3. The Kier molecular flexibility index (Phi) is 4.12. The minimum absolute atomic E-state index is 0.0591. The van der Waals surface area contributed by atoms with Gasteiger partial charge in [0, 0.05) is 6.20 Å². The van der Waals surface area contributed by atoms with Gasteiger partial charge in [-0.15, -0.1) is 0 Å². The molecule has 0 bridgehead atoms. The molecule has 0 spiro atoms. The normalized spacial score (nSPS) is 11.0. The van der Waals surface area contributed by atoms with Gasteiger partial charge >= 0.3 is 12.1 Å². The van der Waals surface area contributed by atoms with E-state index in [9.17, 15) is 18.0 Å². The number of carbonyl (C=O) groups is 1. The van der Waals surface area contributed by atoms with Gasteiger partial charge in [0.2, 0.25) is 0 Å². The molecule has 0 atom stereocenters. The van der Waals surface area contributed by atoms with Crippen molar-refractivity contribution < 1.29 is 22.7 Å². The average Bonchev–Trinajstić information content (AvgIpc) is 2.92. The zero-order chi connectivity index (χ0) is 16.3. The average molecular weight is 310 g/mol. The summed E-state index contributed by atoms with van der Waals surface area (Å²) in [5.41, 5.74) is -1.78. The Morgan fingerprint density at radius 2 is 2.14 bits per heavy atom. The van der Waals surface area contributed by atoms with Crippen LogP contribution in [0.5, 0.6) is 0 Å². The van der Waals surface area contributed by atoms with Gasteiger partial charge in [-0.25, -0.2) is 14.5 Å². The molecule has 0 unspecified atom stereocenters. The van der Waals surface area contributed by atoms with Crippen molar-refractivity contribution in [2.24, 2.45) is 0 Å². The number of nitriles is 1. The van der Waals surface area contributed by atoms with Crippen LogP contribution >= 0.6 is 0 Å². The van der Waals surface area contributed by atoms with E-state index in [0.717, 1.165) is 12.4 Å². The molecule has 9 heteroatoms. The maximum Gasteiger partial charge on any atom is 0.434 e. The van der Waals surface area contributed by atoms with Crippen LogP contribution in [0.25, 0.3) is 5.82 Å². The van der Waals surface area contributed by atoms with Gasteiger partial charge < -0.3 is 4.74 Å². The Morgan fingerprint density at radius 1 is 1.41 bits per heavy atom. The predicted octanol–water partition coefficient (Wildman–Crippen LogP) is 2.33. The van der Waals surface area contributed by atoms with Crippen molar-refractivity contribution in [3.05, 3.63) is 41.3 Å². The first-order chi connectivity index (χ1) is 10.4. The molecule has 2 aromatic rings. The van der Waals surface area contributed by atoms with E-state index < -0.39 is 23.4 Å². The van der Waals surface area contributed by atoms with Gasteiger partial charge in [0.25, 0.3) is 0 Å². The molecule has 0 aliphatic heterocycles. The summed E-state index contributed by atoms with van der Waals surface area (Å²) in [6.07, 6.45) is -2.93. The second-order valence-corrected chi connectivity index (χ2v) is 4.05. The zero-order valence-electron chi connectivity index (χ0n) is 11.3. The molecule has 22 heavy (non-hydrogen) atoms. The van der Waals surface area contributed by atoms with Crippen molar-refractivity contribution in [2.75, 3.05) is 6.61 Å². The summed E-state index contributed by atoms with van der Waals surface area (Å²) in [5.74, 6) is -1.28. The van der Waals surface area contributed by atoms with Gasteiger partial charge in [0.05, 0.1) is 18.4 Å². The van der Waals surface area contributed by atoms with E-state index in [4.69, 9.17) is 5.26 Å². The molecule has 0 radical (unpaired) electrons. The number of halogens is 3. The summed E-state index contributed by atoms with van der Waals surface area (Å²) >= 11 is 0. The first-order valence-corrected chi connectivity index (χ1v) is 6.07. The van der Waals surface area contributed by atoms with Crippen LogP contribution in [0.4, 0.5) is 13.2 Å². The van der Waals surface area contributed by atoms with Gasteiger partial charge in [-0.1, -0.05) is 0 Å². The van der Waals surface area contributed by atoms with Crippen molar-refractivity contribution in [2.45, 2.75) is 13.1 Å². The van der Waals surface area contributed by atoms with Gasteiger partial charge in [-0.3, -0.25) is 0 Å². The van der Waals surface area contributed by atoms with E-state index in [1.54, 1.807) is 6.07 Å². The number of aromatic nitrogens is 3. The highest BCUT2D eigenvalue weighted by Crippen LogP contribution is 2.33. The van der Waals surface area contributed by atoms with Crippen molar-refractivity contribution in [3.8, 4) is 11.9 Å². The van der Waals surface area contributed by atoms with Crippen LogP contribution in [0.15, 0.2) is 24.5 Å². The number of rotatable bonds is 3. The molecule has 0 aliphatic carbocycles. The Morgan fingerprint density at radius 3 is 2.64 bits per heavy atom. The lowest BCUT2D eigenvalue weighted by molar-refractivity contribution is -0.143. The van der Waals surface area contributed by atoms with Crippen molar-refractivity contribution in [1.82, 2.24) is 14.8 Å². The molecule has 114 valence electrons. The topological polar surface area (TPSA) is 80.8 Å². The molecule has 6 nitrogen and oxygen atoms in total. The Hall–Kier alpha value is -2.89. The van der Waals surface area contributed by atoms with E-state index in [2.05, 4.69) is 14.8 Å². The quantitative estimate of drug-likeness (QED) is 0.813. The van der Waals surface area contributed by atoms with Crippen LogP contribution in [0.1, 0.15) is 28.5 Å². The highest BCUT2D eigenvalue weighted by atomic mass is 19.4. The number of hydrogen-bond donors (Lipinski definition) is 0. The van der Waals surface area contributed by atoms with E-state index >= 15 is 0 Å². The van der Waals surface area contributed by atoms with Crippen LogP contribution in [-0.2, 0) is 10.9 Å². The molecule has 0 aliphatic rings. The summed E-state index contributed by atoms with van der Waals surface area (Å²) in [6.45, 7) is 1.42. The van der Waals surface area contributed by atoms with Crippen molar-refractivity contribution in [3.63, 3.8) is 0 Å². The number of esters is 1. The highest BCUT2D eigenvalue weighted by Gasteiger charge is 2.41. The molecule has 0 saturated carbocycles. The minimum atomic E-state index is -4.83. The van der Waals surface area contributed by atoms with Crippen molar-refractivity contribution in [1.29, 1.82) is 5.26 Å². The van der Waals surface area contributed by atoms with E-state index in [-0.39, 0.29) is 18.0 Å². The van der Waals surface area contributed by atoms with Gasteiger partial charge in [-0.2, -0.15) is 23.5 Å². The molecule has 0 fully saturated rings. The molecule has 2 aromatic heterocycles. The van der Waals surface area contributed by atoms with Crippen LogP contribution in [0.3, 0.4) is 0 Å². The lowest BCUT2D eigenvalue weighted by Gasteiger charge is -2.11. The van der Waals surface area contributed by atoms with E-state index in [1.807, 2.05) is 0 Å². The fourth-order valence-corrected chi connectivity index (χ4v) is 1.73. The third kappa shape index (κ3) is 2.90. The van der Waals surface area contributed by atoms with Gasteiger partial charge in [0.15, 0.2) is 11.5 Å². The van der Waals surface area contributed by atoms with E-state index in [1.165, 1.54) is 19.1 Å². The fraction of sp³-hybridized carbons (Fsp3) is 0.231. The monoisotopic (exact) mass is 310 g/mol. The smallest absolute Gasteiger partial charge is 0.434 e. The molecule has 2 heterocycles. The Labute approximate surface area is 122 Å². The largest absolute Gasteiger partial charge is 0.462 e. The van der Waals surface area contributed by atoms with E-state index in [0.29, 0.717) is 4.68 Å². The number of hydrogen-bond acceptors (Lipinski definition) is 5. The number of ether oxygens (including phenoxy) is 1.